The molecule has 3 aliphatic rings. The lowest BCUT2D eigenvalue weighted by Gasteiger charge is -2.28. The normalized spacial score (nSPS) is 41.7. The van der Waals surface area contributed by atoms with Crippen LogP contribution in [0.4, 0.5) is 0 Å². The molecule has 3 nitrogen and oxygen atoms in total. The summed E-state index contributed by atoms with van der Waals surface area (Å²) >= 11 is 3.48. The highest BCUT2D eigenvalue weighted by Gasteiger charge is 2.72. The maximum absolute atomic E-state index is 13.2. The van der Waals surface area contributed by atoms with E-state index in [1.165, 1.54) is 0 Å². The molecule has 122 valence electrons. The number of hydrogen-bond donors (Lipinski definition) is 0. The zero-order chi connectivity index (χ0) is 16.6. The lowest BCUT2D eigenvalue weighted by Crippen LogP contribution is -2.40. The van der Waals surface area contributed by atoms with Gasteiger partial charge < -0.3 is 4.74 Å². The van der Waals surface area contributed by atoms with Gasteiger partial charge in [-0.05, 0) is 56.4 Å². The van der Waals surface area contributed by atoms with E-state index in [4.69, 9.17) is 4.74 Å². The van der Waals surface area contributed by atoms with Gasteiger partial charge in [0, 0.05) is 4.47 Å². The smallest absolute Gasteiger partial charge is 0.154 e. The van der Waals surface area contributed by atoms with Gasteiger partial charge in [-0.25, -0.2) is 0 Å². The molecule has 2 aliphatic heterocycles. The first-order valence-electron chi connectivity index (χ1n) is 8.37. The number of rotatable bonds is 2. The van der Waals surface area contributed by atoms with Crippen molar-refractivity contribution in [3.8, 4) is 0 Å². The summed E-state index contributed by atoms with van der Waals surface area (Å²) in [7, 11) is 0. The quantitative estimate of drug-likeness (QED) is 0.736. The van der Waals surface area contributed by atoms with E-state index in [0.29, 0.717) is 0 Å². The highest BCUT2D eigenvalue weighted by Crippen LogP contribution is 2.62. The van der Waals surface area contributed by atoms with Gasteiger partial charge in [-0.2, -0.15) is 0 Å². The Kier molecular flexibility index (Phi) is 3.21. The summed E-state index contributed by atoms with van der Waals surface area (Å²) in [6.07, 6.45) is 2.56. The summed E-state index contributed by atoms with van der Waals surface area (Å²) in [4.78, 5) is 26.4. The minimum atomic E-state index is -0.613. The van der Waals surface area contributed by atoms with E-state index >= 15 is 0 Å². The topological polar surface area (TPSA) is 43.4 Å². The molecule has 0 aromatic heterocycles. The molecule has 0 spiro atoms. The van der Waals surface area contributed by atoms with Crippen molar-refractivity contribution in [2.45, 2.75) is 57.2 Å². The van der Waals surface area contributed by atoms with Gasteiger partial charge in [-0.15, -0.1) is 0 Å². The molecule has 1 aromatic rings. The van der Waals surface area contributed by atoms with Crippen LogP contribution in [0.3, 0.4) is 0 Å². The molecule has 1 aromatic carbocycles. The number of hydrogen-bond acceptors (Lipinski definition) is 3. The second-order valence-electron chi connectivity index (χ2n) is 7.62. The average Bonchev–Trinajstić information content (AvgIpc) is 3.04. The minimum absolute atomic E-state index is 0.0683. The van der Waals surface area contributed by atoms with Crippen molar-refractivity contribution in [3.63, 3.8) is 0 Å². The number of aryl methyl sites for hydroxylation is 1. The molecule has 4 rings (SSSR count). The van der Waals surface area contributed by atoms with Gasteiger partial charge in [-0.3, -0.25) is 9.59 Å². The van der Waals surface area contributed by atoms with Gasteiger partial charge in [0.15, 0.2) is 11.6 Å². The highest BCUT2D eigenvalue weighted by molar-refractivity contribution is 9.10. The lowest BCUT2D eigenvalue weighted by atomic mass is 9.69. The van der Waals surface area contributed by atoms with Crippen molar-refractivity contribution in [1.29, 1.82) is 0 Å². The lowest BCUT2D eigenvalue weighted by molar-refractivity contribution is -0.132. The summed E-state index contributed by atoms with van der Waals surface area (Å²) in [5.41, 5.74) is 1.06. The Balaban J connectivity index is 1.83. The van der Waals surface area contributed by atoms with E-state index in [1.807, 2.05) is 32.0 Å². The Morgan fingerprint density at radius 2 is 1.70 bits per heavy atom. The fourth-order valence-corrected chi connectivity index (χ4v) is 5.55. The molecule has 0 N–H and O–H groups in total. The molecule has 1 saturated carbocycles. The van der Waals surface area contributed by atoms with E-state index in [0.717, 1.165) is 34.9 Å². The zero-order valence-corrected chi connectivity index (χ0v) is 15.3. The molecule has 23 heavy (non-hydrogen) atoms. The number of ketones is 2. The maximum Gasteiger partial charge on any atom is 0.154 e. The van der Waals surface area contributed by atoms with Gasteiger partial charge in [0.1, 0.15) is 5.92 Å². The van der Waals surface area contributed by atoms with E-state index in [-0.39, 0.29) is 23.4 Å². The molecule has 2 bridgehead atoms. The third kappa shape index (κ3) is 1.91. The van der Waals surface area contributed by atoms with Gasteiger partial charge in [-0.1, -0.05) is 28.9 Å². The molecule has 4 unspecified atom stereocenters. The summed E-state index contributed by atoms with van der Waals surface area (Å²) in [5.74, 6) is -1.03. The number of benzene rings is 1. The Morgan fingerprint density at radius 1 is 1.13 bits per heavy atom. The van der Waals surface area contributed by atoms with Crippen molar-refractivity contribution < 1.29 is 14.3 Å². The molecular formula is C19H21BrO3. The van der Waals surface area contributed by atoms with Gasteiger partial charge in [0.05, 0.1) is 23.0 Å². The Morgan fingerprint density at radius 3 is 2.22 bits per heavy atom. The van der Waals surface area contributed by atoms with Crippen LogP contribution < -0.4 is 0 Å². The van der Waals surface area contributed by atoms with Crippen LogP contribution in [0.15, 0.2) is 22.7 Å². The van der Waals surface area contributed by atoms with E-state index < -0.39 is 17.1 Å². The Bertz CT molecular complexity index is 693. The number of Topliss-reactive ketones (excluding diaryl/α,β-unsaturated/α-hetero) is 2. The predicted molar refractivity (Wildman–Crippen MR) is 90.4 cm³/mol. The van der Waals surface area contributed by atoms with Crippen LogP contribution in [-0.2, 0) is 20.7 Å². The molecule has 0 radical (unpaired) electrons. The average molecular weight is 377 g/mol. The summed E-state index contributed by atoms with van der Waals surface area (Å²) in [6.45, 7) is 6.09. The standard InChI is InChI=1S/C19H21BrO3/c1-4-10-5-6-11(20)9-12(10)13-16(21)14-15(17(13)22)19(3)8-7-18(14,2)23-19/h5-6,9,13-15H,4,7-8H2,1-3H3. The van der Waals surface area contributed by atoms with Crippen LogP contribution in [0.2, 0.25) is 0 Å². The summed E-state index contributed by atoms with van der Waals surface area (Å²) in [6, 6.07) is 5.94. The van der Waals surface area contributed by atoms with Crippen LogP contribution in [0.1, 0.15) is 50.7 Å². The van der Waals surface area contributed by atoms with Crippen molar-refractivity contribution >= 4 is 27.5 Å². The van der Waals surface area contributed by atoms with Crippen LogP contribution in [-0.4, -0.2) is 22.8 Å². The van der Waals surface area contributed by atoms with E-state index in [1.54, 1.807) is 0 Å². The number of halogens is 1. The highest BCUT2D eigenvalue weighted by atomic mass is 79.9. The largest absolute Gasteiger partial charge is 0.368 e. The zero-order valence-electron chi connectivity index (χ0n) is 13.7. The minimum Gasteiger partial charge on any atom is -0.368 e. The molecular weight excluding hydrogens is 356 g/mol. The van der Waals surface area contributed by atoms with Crippen molar-refractivity contribution in [2.24, 2.45) is 11.8 Å². The molecule has 2 heterocycles. The second kappa shape index (κ2) is 4.76. The summed E-state index contributed by atoms with van der Waals surface area (Å²) in [5, 5.41) is 0. The molecule has 1 aliphatic carbocycles. The fraction of sp³-hybridized carbons (Fsp3) is 0.579. The first kappa shape index (κ1) is 15.5. The predicted octanol–water partition coefficient (Wildman–Crippen LogP) is 3.82. The third-order valence-electron chi connectivity index (χ3n) is 6.22. The molecule has 0 amide bonds. The Hall–Kier alpha value is -1.00. The van der Waals surface area contributed by atoms with Gasteiger partial charge in [0.25, 0.3) is 0 Å². The van der Waals surface area contributed by atoms with E-state index in [2.05, 4.69) is 22.9 Å². The second-order valence-corrected chi connectivity index (χ2v) is 8.53. The maximum atomic E-state index is 13.2. The van der Waals surface area contributed by atoms with Crippen molar-refractivity contribution in [3.05, 3.63) is 33.8 Å². The number of carbonyl (C=O) groups is 2. The molecule has 2 saturated heterocycles. The Labute approximate surface area is 144 Å². The van der Waals surface area contributed by atoms with Crippen LogP contribution in [0.25, 0.3) is 0 Å². The number of ether oxygens (including phenoxy) is 1. The summed E-state index contributed by atoms with van der Waals surface area (Å²) < 4.78 is 7.08. The fourth-order valence-electron chi connectivity index (χ4n) is 5.17. The van der Waals surface area contributed by atoms with Crippen molar-refractivity contribution in [2.75, 3.05) is 0 Å². The molecule has 4 heteroatoms. The van der Waals surface area contributed by atoms with Gasteiger partial charge in [0.2, 0.25) is 0 Å². The van der Waals surface area contributed by atoms with Gasteiger partial charge >= 0.3 is 0 Å². The third-order valence-corrected chi connectivity index (χ3v) is 6.71. The van der Waals surface area contributed by atoms with E-state index in [9.17, 15) is 9.59 Å². The first-order chi connectivity index (χ1) is 10.8. The monoisotopic (exact) mass is 376 g/mol. The van der Waals surface area contributed by atoms with Crippen LogP contribution in [0.5, 0.6) is 0 Å². The molecule has 3 fully saturated rings. The van der Waals surface area contributed by atoms with Crippen LogP contribution in [0, 0.1) is 11.8 Å². The first-order valence-corrected chi connectivity index (χ1v) is 9.16. The van der Waals surface area contributed by atoms with Crippen LogP contribution >= 0.6 is 15.9 Å². The molecule has 4 atom stereocenters. The number of carbonyl (C=O) groups excluding carboxylic acids is 2. The SMILES string of the molecule is CCc1ccc(Br)cc1C1C(=O)C2C(C1=O)C1(C)CCC2(C)O1. The van der Waals surface area contributed by atoms with Crippen molar-refractivity contribution in [1.82, 2.24) is 0 Å². The number of fused-ring (bicyclic) bond motifs is 5.